The van der Waals surface area contributed by atoms with E-state index >= 15 is 0 Å². The Balaban J connectivity index is 1.68. The number of carbonyl (C=O) groups is 1. The van der Waals surface area contributed by atoms with Crippen LogP contribution < -0.4 is 5.32 Å². The molecule has 2 heterocycles. The van der Waals surface area contributed by atoms with Crippen molar-refractivity contribution in [2.45, 2.75) is 25.5 Å². The molecule has 0 atom stereocenters. The van der Waals surface area contributed by atoms with Gasteiger partial charge in [0.25, 0.3) is 0 Å². The molecule has 1 amide bonds. The smallest absolute Gasteiger partial charge is 0.236 e. The number of aryl methyl sites for hydroxylation is 1. The van der Waals surface area contributed by atoms with E-state index in [0.717, 1.165) is 16.4 Å². The number of aromatic nitrogens is 5. The quantitative estimate of drug-likeness (QED) is 0.644. The van der Waals surface area contributed by atoms with Crippen LogP contribution in [-0.4, -0.2) is 36.6 Å². The first-order chi connectivity index (χ1) is 12.1. The SMILES string of the molecule is CCn1c(SCC(=O)Nc2nnc(C)s2)nnc1-c1ccc(Cl)cc1. The Labute approximate surface area is 157 Å². The van der Waals surface area contributed by atoms with Crippen molar-refractivity contribution in [1.82, 2.24) is 25.0 Å². The molecule has 0 saturated carbocycles. The van der Waals surface area contributed by atoms with Gasteiger partial charge in [-0.15, -0.1) is 20.4 Å². The maximum absolute atomic E-state index is 12.0. The molecule has 1 N–H and O–H groups in total. The summed E-state index contributed by atoms with van der Waals surface area (Å²) in [7, 11) is 0. The van der Waals surface area contributed by atoms with Gasteiger partial charge in [0.2, 0.25) is 11.0 Å². The van der Waals surface area contributed by atoms with Gasteiger partial charge in [0.1, 0.15) is 5.01 Å². The number of halogens is 1. The van der Waals surface area contributed by atoms with Gasteiger partial charge < -0.3 is 4.57 Å². The second-order valence-corrected chi connectivity index (χ2v) is 7.58. The van der Waals surface area contributed by atoms with Gasteiger partial charge in [0, 0.05) is 17.1 Å². The molecule has 0 unspecified atom stereocenters. The predicted molar refractivity (Wildman–Crippen MR) is 100 cm³/mol. The first kappa shape index (κ1) is 17.8. The number of nitrogens with one attached hydrogen (secondary N) is 1. The number of hydrogen-bond donors (Lipinski definition) is 1. The average molecular weight is 395 g/mol. The van der Waals surface area contributed by atoms with Crippen LogP contribution >= 0.6 is 34.7 Å². The molecule has 0 aliphatic heterocycles. The lowest BCUT2D eigenvalue weighted by Gasteiger charge is -2.07. The van der Waals surface area contributed by atoms with Gasteiger partial charge in [0.15, 0.2) is 11.0 Å². The molecule has 3 rings (SSSR count). The summed E-state index contributed by atoms with van der Waals surface area (Å²) in [6, 6.07) is 7.43. The van der Waals surface area contributed by atoms with E-state index in [1.54, 1.807) is 0 Å². The molecule has 25 heavy (non-hydrogen) atoms. The zero-order valence-corrected chi connectivity index (χ0v) is 16.0. The van der Waals surface area contributed by atoms with Gasteiger partial charge in [-0.3, -0.25) is 10.1 Å². The number of carbonyl (C=O) groups excluding carboxylic acids is 1. The van der Waals surface area contributed by atoms with Gasteiger partial charge in [-0.05, 0) is 38.1 Å². The summed E-state index contributed by atoms with van der Waals surface area (Å²) in [5, 5.41) is 21.6. The van der Waals surface area contributed by atoms with Crippen LogP contribution in [0.15, 0.2) is 29.4 Å². The van der Waals surface area contributed by atoms with Crippen LogP contribution in [0.4, 0.5) is 5.13 Å². The Morgan fingerprint density at radius 1 is 1.24 bits per heavy atom. The Kier molecular flexibility index (Phi) is 5.67. The number of nitrogens with zero attached hydrogens (tertiary/aromatic N) is 5. The molecule has 2 aromatic heterocycles. The summed E-state index contributed by atoms with van der Waals surface area (Å²) in [5.74, 6) is 0.818. The topological polar surface area (TPSA) is 85.6 Å². The maximum atomic E-state index is 12.0. The van der Waals surface area contributed by atoms with Crippen molar-refractivity contribution >= 4 is 45.7 Å². The standard InChI is InChI=1S/C15H15ClN6OS2/c1-3-22-13(10-4-6-11(16)7-5-10)19-21-15(22)24-8-12(23)17-14-20-18-9(2)25-14/h4-7H,3,8H2,1-2H3,(H,17,20,23). The van der Waals surface area contributed by atoms with Crippen molar-refractivity contribution in [3.63, 3.8) is 0 Å². The first-order valence-electron chi connectivity index (χ1n) is 7.48. The lowest BCUT2D eigenvalue weighted by atomic mass is 10.2. The molecule has 0 aliphatic rings. The van der Waals surface area contributed by atoms with E-state index in [-0.39, 0.29) is 11.7 Å². The molecule has 0 radical (unpaired) electrons. The molecule has 0 saturated heterocycles. The lowest BCUT2D eigenvalue weighted by Crippen LogP contribution is -2.14. The number of thioether (sulfide) groups is 1. The van der Waals surface area contributed by atoms with Gasteiger partial charge >= 0.3 is 0 Å². The zero-order chi connectivity index (χ0) is 17.8. The zero-order valence-electron chi connectivity index (χ0n) is 13.6. The van der Waals surface area contributed by atoms with Crippen LogP contribution in [0.2, 0.25) is 5.02 Å². The molecule has 0 spiro atoms. The fourth-order valence-corrected chi connectivity index (χ4v) is 3.66. The predicted octanol–water partition coefficient (Wildman–Crippen LogP) is 3.51. The van der Waals surface area contributed by atoms with Crippen LogP contribution in [0.1, 0.15) is 11.9 Å². The summed E-state index contributed by atoms with van der Waals surface area (Å²) in [5.41, 5.74) is 0.930. The van der Waals surface area contributed by atoms with E-state index in [4.69, 9.17) is 11.6 Å². The highest BCUT2D eigenvalue weighted by atomic mass is 35.5. The Hall–Kier alpha value is -1.97. The van der Waals surface area contributed by atoms with Gasteiger partial charge in [-0.1, -0.05) is 34.7 Å². The minimum atomic E-state index is -0.153. The molecule has 1 aromatic carbocycles. The lowest BCUT2D eigenvalue weighted by molar-refractivity contribution is -0.113. The van der Waals surface area contributed by atoms with Crippen LogP contribution in [0, 0.1) is 6.92 Å². The van der Waals surface area contributed by atoms with E-state index in [1.807, 2.05) is 42.7 Å². The average Bonchev–Trinajstić information content (AvgIpc) is 3.19. The maximum Gasteiger partial charge on any atom is 0.236 e. The van der Waals surface area contributed by atoms with E-state index in [2.05, 4.69) is 25.7 Å². The summed E-state index contributed by atoms with van der Waals surface area (Å²) >= 11 is 8.60. The fourth-order valence-electron chi connectivity index (χ4n) is 2.13. The second-order valence-electron chi connectivity index (χ2n) is 5.02. The Morgan fingerprint density at radius 3 is 2.64 bits per heavy atom. The molecule has 130 valence electrons. The third-order valence-corrected chi connectivity index (χ3v) is 5.21. The van der Waals surface area contributed by atoms with Gasteiger partial charge in [-0.2, -0.15) is 0 Å². The molecular weight excluding hydrogens is 380 g/mol. The molecule has 0 fully saturated rings. The minimum Gasteiger partial charge on any atom is -0.302 e. The number of benzene rings is 1. The van der Waals surface area contributed by atoms with Crippen LogP contribution in [0.3, 0.4) is 0 Å². The highest BCUT2D eigenvalue weighted by Gasteiger charge is 2.15. The highest BCUT2D eigenvalue weighted by Crippen LogP contribution is 2.25. The van der Waals surface area contributed by atoms with Gasteiger partial charge in [0.05, 0.1) is 5.75 Å². The molecule has 0 bridgehead atoms. The minimum absolute atomic E-state index is 0.153. The van der Waals surface area contributed by atoms with E-state index in [0.29, 0.717) is 21.9 Å². The van der Waals surface area contributed by atoms with E-state index in [9.17, 15) is 4.79 Å². The number of amides is 1. The monoisotopic (exact) mass is 394 g/mol. The molecular formula is C15H15ClN6OS2. The van der Waals surface area contributed by atoms with Crippen molar-refractivity contribution in [2.75, 3.05) is 11.1 Å². The molecule has 10 heteroatoms. The first-order valence-corrected chi connectivity index (χ1v) is 9.66. The summed E-state index contributed by atoms with van der Waals surface area (Å²) in [4.78, 5) is 12.0. The van der Waals surface area contributed by atoms with Crippen LogP contribution in [0.25, 0.3) is 11.4 Å². The Morgan fingerprint density at radius 2 is 2.00 bits per heavy atom. The van der Waals surface area contributed by atoms with Crippen molar-refractivity contribution < 1.29 is 4.79 Å². The molecule has 0 aliphatic carbocycles. The van der Waals surface area contributed by atoms with E-state index in [1.165, 1.54) is 23.1 Å². The number of anilines is 1. The highest BCUT2D eigenvalue weighted by molar-refractivity contribution is 7.99. The van der Waals surface area contributed by atoms with Crippen LogP contribution in [0.5, 0.6) is 0 Å². The van der Waals surface area contributed by atoms with Crippen LogP contribution in [-0.2, 0) is 11.3 Å². The van der Waals surface area contributed by atoms with E-state index < -0.39 is 0 Å². The van der Waals surface area contributed by atoms with Gasteiger partial charge in [-0.25, -0.2) is 0 Å². The summed E-state index contributed by atoms with van der Waals surface area (Å²) in [6.07, 6.45) is 0. The van der Waals surface area contributed by atoms with Crippen molar-refractivity contribution in [3.05, 3.63) is 34.3 Å². The largest absolute Gasteiger partial charge is 0.302 e. The fraction of sp³-hybridized carbons (Fsp3) is 0.267. The molecule has 7 nitrogen and oxygen atoms in total. The third kappa shape index (κ3) is 4.36. The number of hydrogen-bond acceptors (Lipinski definition) is 7. The van der Waals surface area contributed by atoms with Crippen molar-refractivity contribution in [1.29, 1.82) is 0 Å². The summed E-state index contributed by atoms with van der Waals surface area (Å²) < 4.78 is 1.97. The van der Waals surface area contributed by atoms with Crippen molar-refractivity contribution in [3.8, 4) is 11.4 Å². The second kappa shape index (κ2) is 7.94. The third-order valence-electron chi connectivity index (χ3n) is 3.24. The number of rotatable bonds is 6. The molecule has 3 aromatic rings. The Bertz CT molecular complexity index is 877. The normalized spacial score (nSPS) is 10.8. The van der Waals surface area contributed by atoms with Crippen molar-refractivity contribution in [2.24, 2.45) is 0 Å². The summed E-state index contributed by atoms with van der Waals surface area (Å²) in [6.45, 7) is 4.55.